The van der Waals surface area contributed by atoms with E-state index in [2.05, 4.69) is 27.8 Å². The molecule has 1 atom stereocenters. The van der Waals surface area contributed by atoms with Crippen molar-refractivity contribution in [1.29, 1.82) is 0 Å². The quantitative estimate of drug-likeness (QED) is 0.761. The van der Waals surface area contributed by atoms with Gasteiger partial charge in [0.05, 0.1) is 19.3 Å². The third kappa shape index (κ3) is 4.52. The fourth-order valence-electron chi connectivity index (χ4n) is 2.11. The zero-order chi connectivity index (χ0) is 15.1. The number of nitrogens with zero attached hydrogens (tertiary/aromatic N) is 1. The molecule has 0 aliphatic rings. The van der Waals surface area contributed by atoms with E-state index in [9.17, 15) is 0 Å². The predicted octanol–water partition coefficient (Wildman–Crippen LogP) is 3.18. The lowest BCUT2D eigenvalue weighted by atomic mass is 10.1. The van der Waals surface area contributed by atoms with E-state index in [0.717, 1.165) is 28.6 Å². The van der Waals surface area contributed by atoms with Crippen molar-refractivity contribution < 1.29 is 9.47 Å². The van der Waals surface area contributed by atoms with Gasteiger partial charge in [-0.1, -0.05) is 12.1 Å². The maximum atomic E-state index is 5.59. The van der Waals surface area contributed by atoms with Crippen LogP contribution in [0.2, 0.25) is 0 Å². The average molecular weight is 306 g/mol. The smallest absolute Gasteiger partial charge is 0.119 e. The van der Waals surface area contributed by atoms with Crippen LogP contribution >= 0.6 is 11.3 Å². The lowest BCUT2D eigenvalue weighted by molar-refractivity contribution is 0.197. The molecule has 1 heterocycles. The average Bonchev–Trinajstić information content (AvgIpc) is 2.91. The second kappa shape index (κ2) is 8.12. The van der Waals surface area contributed by atoms with E-state index in [-0.39, 0.29) is 6.04 Å². The molecule has 114 valence electrons. The van der Waals surface area contributed by atoms with Crippen molar-refractivity contribution in [1.82, 2.24) is 10.3 Å². The van der Waals surface area contributed by atoms with Crippen LogP contribution in [0.1, 0.15) is 29.2 Å². The minimum atomic E-state index is 0.0688. The largest absolute Gasteiger partial charge is 0.494 e. The number of nitrogens with one attached hydrogen (secondary N) is 1. The zero-order valence-corrected chi connectivity index (χ0v) is 13.6. The summed E-state index contributed by atoms with van der Waals surface area (Å²) in [5, 5.41) is 6.65. The molecule has 1 unspecified atom stereocenters. The summed E-state index contributed by atoms with van der Waals surface area (Å²) in [4.78, 5) is 4.62. The number of aryl methyl sites for hydroxylation is 1. The third-order valence-corrected chi connectivity index (χ3v) is 4.07. The van der Waals surface area contributed by atoms with Crippen LogP contribution in [-0.4, -0.2) is 31.9 Å². The SMILES string of the molecule is CCOc1cccc(C(NCCOC)c2nc(C)cs2)c1. The van der Waals surface area contributed by atoms with Gasteiger partial charge in [0.15, 0.2) is 0 Å². The maximum Gasteiger partial charge on any atom is 0.119 e. The van der Waals surface area contributed by atoms with Gasteiger partial charge in [-0.15, -0.1) is 11.3 Å². The molecule has 0 saturated heterocycles. The van der Waals surface area contributed by atoms with E-state index < -0.39 is 0 Å². The molecule has 0 fully saturated rings. The van der Waals surface area contributed by atoms with Gasteiger partial charge in [0.1, 0.15) is 10.8 Å². The summed E-state index contributed by atoms with van der Waals surface area (Å²) in [5.74, 6) is 0.891. The Morgan fingerprint density at radius 3 is 2.90 bits per heavy atom. The highest BCUT2D eigenvalue weighted by molar-refractivity contribution is 7.09. The predicted molar refractivity (Wildman–Crippen MR) is 86.2 cm³/mol. The molecule has 1 aromatic heterocycles. The number of aromatic nitrogens is 1. The number of rotatable bonds is 8. The second-order valence-corrected chi connectivity index (χ2v) is 5.60. The summed E-state index contributed by atoms with van der Waals surface area (Å²) in [5.41, 5.74) is 2.21. The molecule has 5 heteroatoms. The first-order valence-corrected chi connectivity index (χ1v) is 7.99. The summed E-state index contributed by atoms with van der Waals surface area (Å²) in [6, 6.07) is 8.24. The van der Waals surface area contributed by atoms with Gasteiger partial charge in [0, 0.05) is 24.7 Å². The Bertz CT molecular complexity index is 557. The molecule has 0 saturated carbocycles. The molecule has 1 aromatic carbocycles. The highest BCUT2D eigenvalue weighted by Gasteiger charge is 2.17. The third-order valence-electron chi connectivity index (χ3n) is 3.04. The lowest BCUT2D eigenvalue weighted by Crippen LogP contribution is -2.26. The summed E-state index contributed by atoms with van der Waals surface area (Å²) >= 11 is 1.67. The van der Waals surface area contributed by atoms with E-state index in [0.29, 0.717) is 13.2 Å². The fraction of sp³-hybridized carbons (Fsp3) is 0.438. The Hall–Kier alpha value is -1.43. The first-order valence-electron chi connectivity index (χ1n) is 7.11. The van der Waals surface area contributed by atoms with Crippen LogP contribution in [0.3, 0.4) is 0 Å². The molecule has 0 aliphatic carbocycles. The Labute approximate surface area is 130 Å². The lowest BCUT2D eigenvalue weighted by Gasteiger charge is -2.17. The maximum absolute atomic E-state index is 5.59. The van der Waals surface area contributed by atoms with Gasteiger partial charge in [-0.25, -0.2) is 4.98 Å². The molecule has 0 amide bonds. The number of thiazole rings is 1. The second-order valence-electron chi connectivity index (χ2n) is 4.71. The van der Waals surface area contributed by atoms with Crippen LogP contribution in [-0.2, 0) is 4.74 Å². The molecule has 2 aromatic rings. The van der Waals surface area contributed by atoms with Crippen LogP contribution in [0.25, 0.3) is 0 Å². The zero-order valence-electron chi connectivity index (χ0n) is 12.8. The van der Waals surface area contributed by atoms with Crippen LogP contribution in [0.4, 0.5) is 0 Å². The van der Waals surface area contributed by atoms with E-state index >= 15 is 0 Å². The van der Waals surface area contributed by atoms with E-state index in [4.69, 9.17) is 9.47 Å². The van der Waals surface area contributed by atoms with Gasteiger partial charge in [0.2, 0.25) is 0 Å². The molecular weight excluding hydrogens is 284 g/mol. The molecule has 4 nitrogen and oxygen atoms in total. The van der Waals surface area contributed by atoms with Crippen molar-refractivity contribution in [3.05, 3.63) is 45.9 Å². The van der Waals surface area contributed by atoms with Crippen molar-refractivity contribution in [2.24, 2.45) is 0 Å². The van der Waals surface area contributed by atoms with Gasteiger partial charge >= 0.3 is 0 Å². The van der Waals surface area contributed by atoms with Crippen LogP contribution in [0.15, 0.2) is 29.6 Å². The first kappa shape index (κ1) is 15.9. The van der Waals surface area contributed by atoms with Gasteiger partial charge in [-0.05, 0) is 31.5 Å². The minimum Gasteiger partial charge on any atom is -0.494 e. The molecular formula is C16H22N2O2S. The molecule has 0 aliphatic heterocycles. The number of ether oxygens (including phenoxy) is 2. The standard InChI is InChI=1S/C16H22N2O2S/c1-4-20-14-7-5-6-13(10-14)15(17-8-9-19-3)16-18-12(2)11-21-16/h5-7,10-11,15,17H,4,8-9H2,1-3H3. The van der Waals surface area contributed by atoms with Gasteiger partial charge in [-0.2, -0.15) is 0 Å². The number of hydrogen-bond acceptors (Lipinski definition) is 5. The molecule has 0 bridgehead atoms. The van der Waals surface area contributed by atoms with Gasteiger partial charge in [0.25, 0.3) is 0 Å². The van der Waals surface area contributed by atoms with Crippen molar-refractivity contribution >= 4 is 11.3 Å². The van der Waals surface area contributed by atoms with Gasteiger partial charge < -0.3 is 14.8 Å². The fourth-order valence-corrected chi connectivity index (χ4v) is 3.00. The number of hydrogen-bond donors (Lipinski definition) is 1. The summed E-state index contributed by atoms with van der Waals surface area (Å²) < 4.78 is 10.7. The van der Waals surface area contributed by atoms with Gasteiger partial charge in [-0.3, -0.25) is 0 Å². The van der Waals surface area contributed by atoms with Crippen LogP contribution in [0, 0.1) is 6.92 Å². The first-order chi connectivity index (χ1) is 10.2. The topological polar surface area (TPSA) is 43.4 Å². The molecule has 2 rings (SSSR count). The van der Waals surface area contributed by atoms with E-state index in [1.807, 2.05) is 26.0 Å². The number of methoxy groups -OCH3 is 1. The molecule has 0 spiro atoms. The summed E-state index contributed by atoms with van der Waals surface area (Å²) in [6.07, 6.45) is 0. The van der Waals surface area contributed by atoms with Crippen molar-refractivity contribution in [2.45, 2.75) is 19.9 Å². The highest BCUT2D eigenvalue weighted by Crippen LogP contribution is 2.27. The molecule has 21 heavy (non-hydrogen) atoms. The Morgan fingerprint density at radius 2 is 2.24 bits per heavy atom. The van der Waals surface area contributed by atoms with Crippen LogP contribution < -0.4 is 10.1 Å². The normalized spacial score (nSPS) is 12.3. The molecule has 1 N–H and O–H groups in total. The minimum absolute atomic E-state index is 0.0688. The van der Waals surface area contributed by atoms with Crippen molar-refractivity contribution in [3.8, 4) is 5.75 Å². The van der Waals surface area contributed by atoms with E-state index in [1.54, 1.807) is 18.4 Å². The van der Waals surface area contributed by atoms with Crippen molar-refractivity contribution in [2.75, 3.05) is 26.9 Å². The Morgan fingerprint density at radius 1 is 1.38 bits per heavy atom. The van der Waals surface area contributed by atoms with Crippen LogP contribution in [0.5, 0.6) is 5.75 Å². The summed E-state index contributed by atoms with van der Waals surface area (Å²) in [7, 11) is 1.71. The Kier molecular flexibility index (Phi) is 6.17. The molecule has 0 radical (unpaired) electrons. The Balaban J connectivity index is 2.23. The van der Waals surface area contributed by atoms with Crippen molar-refractivity contribution in [3.63, 3.8) is 0 Å². The monoisotopic (exact) mass is 306 g/mol. The number of benzene rings is 1. The summed E-state index contributed by atoms with van der Waals surface area (Å²) in [6.45, 7) is 6.13. The highest BCUT2D eigenvalue weighted by atomic mass is 32.1. The van der Waals surface area contributed by atoms with E-state index in [1.165, 1.54) is 0 Å².